The normalized spacial score (nSPS) is 15.0. The second kappa shape index (κ2) is 8.35. The van der Waals surface area contributed by atoms with E-state index in [2.05, 4.69) is 114 Å². The molecule has 3 nitrogen and oxygen atoms in total. The van der Waals surface area contributed by atoms with Crippen molar-refractivity contribution in [2.45, 2.75) is 32.9 Å². The summed E-state index contributed by atoms with van der Waals surface area (Å²) in [6, 6.07) is 30.3. The first-order valence-electron chi connectivity index (χ1n) is 11.2. The van der Waals surface area contributed by atoms with Gasteiger partial charge in [0.15, 0.2) is 0 Å². The molecule has 0 saturated carbocycles. The molecule has 1 unspecified atom stereocenters. The van der Waals surface area contributed by atoms with Crippen molar-refractivity contribution in [2.75, 3.05) is 22.1 Å². The summed E-state index contributed by atoms with van der Waals surface area (Å²) in [5.41, 5.74) is 7.28. The zero-order valence-corrected chi connectivity index (χ0v) is 18.2. The number of hydrogen-bond acceptors (Lipinski definition) is 3. The number of anilines is 4. The van der Waals surface area contributed by atoms with Crippen LogP contribution in [0.5, 0.6) is 0 Å². The Morgan fingerprint density at radius 1 is 0.839 bits per heavy atom. The van der Waals surface area contributed by atoms with Crippen molar-refractivity contribution in [1.82, 2.24) is 0 Å². The first-order chi connectivity index (χ1) is 15.3. The zero-order valence-electron chi connectivity index (χ0n) is 18.2. The molecule has 1 aliphatic rings. The van der Waals surface area contributed by atoms with Gasteiger partial charge in [-0.25, -0.2) is 0 Å². The van der Waals surface area contributed by atoms with Crippen molar-refractivity contribution in [2.24, 2.45) is 0 Å². The summed E-state index contributed by atoms with van der Waals surface area (Å²) < 4.78 is 0. The highest BCUT2D eigenvalue weighted by Crippen LogP contribution is 2.47. The molecular formula is C28H29N3. The number of nitrogens with one attached hydrogen (secondary N) is 2. The smallest absolute Gasteiger partial charge is 0.126 e. The molecule has 0 radical (unpaired) electrons. The van der Waals surface area contributed by atoms with Gasteiger partial charge in [0, 0.05) is 17.8 Å². The molecule has 3 heteroatoms. The molecule has 1 heterocycles. The van der Waals surface area contributed by atoms with Crippen LogP contribution in [0.4, 0.5) is 22.7 Å². The van der Waals surface area contributed by atoms with E-state index in [1.807, 2.05) is 0 Å². The minimum absolute atomic E-state index is 0.118. The minimum atomic E-state index is 0.118. The number of aryl methyl sites for hydroxylation is 1. The standard InChI is InChI=1S/C28H29N3/c1-3-4-19-31-26-18-10-17-25(29-24-16-8-5-11-20(24)2)27(26)30-28(31)23-15-9-13-21-12-6-7-14-22(21)23/h5-18,28-30H,3-4,19H2,1-2H3. The Labute approximate surface area is 184 Å². The number of fused-ring (bicyclic) bond motifs is 2. The lowest BCUT2D eigenvalue weighted by molar-refractivity contribution is 0.670. The Morgan fingerprint density at radius 3 is 2.45 bits per heavy atom. The van der Waals surface area contributed by atoms with Gasteiger partial charge in [0.2, 0.25) is 0 Å². The zero-order chi connectivity index (χ0) is 21.2. The van der Waals surface area contributed by atoms with Gasteiger partial charge in [0.05, 0.1) is 17.1 Å². The molecule has 0 aromatic heterocycles. The van der Waals surface area contributed by atoms with Crippen LogP contribution >= 0.6 is 0 Å². The number of para-hydroxylation sites is 2. The van der Waals surface area contributed by atoms with Crippen LogP contribution in [0, 0.1) is 6.92 Å². The van der Waals surface area contributed by atoms with Gasteiger partial charge in [-0.15, -0.1) is 0 Å². The van der Waals surface area contributed by atoms with E-state index in [-0.39, 0.29) is 6.17 Å². The molecule has 0 spiro atoms. The molecule has 0 fully saturated rings. The Balaban J connectivity index is 1.58. The topological polar surface area (TPSA) is 27.3 Å². The third kappa shape index (κ3) is 3.61. The Morgan fingerprint density at radius 2 is 1.58 bits per heavy atom. The van der Waals surface area contributed by atoms with Gasteiger partial charge in [-0.05, 0) is 47.9 Å². The quantitative estimate of drug-likeness (QED) is 0.344. The predicted octanol–water partition coefficient (Wildman–Crippen LogP) is 7.62. The summed E-state index contributed by atoms with van der Waals surface area (Å²) in [5.74, 6) is 0. The monoisotopic (exact) mass is 407 g/mol. The van der Waals surface area contributed by atoms with Gasteiger partial charge < -0.3 is 15.5 Å². The lowest BCUT2D eigenvalue weighted by Crippen LogP contribution is -2.29. The van der Waals surface area contributed by atoms with Crippen LogP contribution in [0.1, 0.15) is 37.1 Å². The third-order valence-corrected chi connectivity index (χ3v) is 6.23. The second-order valence-electron chi connectivity index (χ2n) is 8.30. The molecule has 0 saturated heterocycles. The van der Waals surface area contributed by atoms with Crippen molar-refractivity contribution in [1.29, 1.82) is 0 Å². The van der Waals surface area contributed by atoms with Crippen molar-refractivity contribution in [3.05, 3.63) is 96.1 Å². The summed E-state index contributed by atoms with van der Waals surface area (Å²) in [4.78, 5) is 2.53. The predicted molar refractivity (Wildman–Crippen MR) is 133 cm³/mol. The van der Waals surface area contributed by atoms with Crippen LogP contribution in [0.15, 0.2) is 84.9 Å². The van der Waals surface area contributed by atoms with Crippen LogP contribution < -0.4 is 15.5 Å². The van der Waals surface area contributed by atoms with Gasteiger partial charge in [-0.1, -0.05) is 80.1 Å². The number of nitrogens with zero attached hydrogens (tertiary/aromatic N) is 1. The van der Waals surface area contributed by atoms with Crippen LogP contribution in [0.2, 0.25) is 0 Å². The molecule has 4 aromatic carbocycles. The average Bonchev–Trinajstić information content (AvgIpc) is 3.18. The van der Waals surface area contributed by atoms with Gasteiger partial charge >= 0.3 is 0 Å². The van der Waals surface area contributed by atoms with Gasteiger partial charge in [-0.2, -0.15) is 0 Å². The van der Waals surface area contributed by atoms with Crippen LogP contribution in [-0.4, -0.2) is 6.54 Å². The first kappa shape index (κ1) is 19.5. The highest BCUT2D eigenvalue weighted by Gasteiger charge is 2.32. The van der Waals surface area contributed by atoms with Crippen LogP contribution in [0.25, 0.3) is 10.8 Å². The van der Waals surface area contributed by atoms with E-state index in [4.69, 9.17) is 0 Å². The molecule has 0 bridgehead atoms. The molecule has 0 aliphatic carbocycles. The lowest BCUT2D eigenvalue weighted by atomic mass is 10.0. The van der Waals surface area contributed by atoms with Gasteiger partial charge in [0.1, 0.15) is 6.17 Å². The van der Waals surface area contributed by atoms with Crippen molar-refractivity contribution in [3.63, 3.8) is 0 Å². The van der Waals surface area contributed by atoms with E-state index in [1.54, 1.807) is 0 Å². The average molecular weight is 408 g/mol. The summed E-state index contributed by atoms with van der Waals surface area (Å²) >= 11 is 0. The number of rotatable bonds is 6. The molecule has 1 aliphatic heterocycles. The molecule has 4 aromatic rings. The van der Waals surface area contributed by atoms with E-state index in [9.17, 15) is 0 Å². The molecule has 31 heavy (non-hydrogen) atoms. The lowest BCUT2D eigenvalue weighted by Gasteiger charge is -2.28. The first-order valence-corrected chi connectivity index (χ1v) is 11.2. The summed E-state index contributed by atoms with van der Waals surface area (Å²) in [6.45, 7) is 5.43. The van der Waals surface area contributed by atoms with Crippen LogP contribution in [0.3, 0.4) is 0 Å². The van der Waals surface area contributed by atoms with Crippen molar-refractivity contribution >= 4 is 33.5 Å². The van der Waals surface area contributed by atoms with Crippen LogP contribution in [-0.2, 0) is 0 Å². The molecule has 1 atom stereocenters. The van der Waals surface area contributed by atoms with Crippen molar-refractivity contribution < 1.29 is 0 Å². The fraction of sp³-hybridized carbons (Fsp3) is 0.214. The van der Waals surface area contributed by atoms with E-state index in [0.717, 1.165) is 24.3 Å². The van der Waals surface area contributed by atoms with E-state index >= 15 is 0 Å². The molecule has 156 valence electrons. The second-order valence-corrected chi connectivity index (χ2v) is 8.30. The maximum absolute atomic E-state index is 3.87. The maximum Gasteiger partial charge on any atom is 0.126 e. The van der Waals surface area contributed by atoms with Gasteiger partial charge in [0.25, 0.3) is 0 Å². The minimum Gasteiger partial charge on any atom is -0.358 e. The van der Waals surface area contributed by atoms with Gasteiger partial charge in [-0.3, -0.25) is 0 Å². The molecule has 5 rings (SSSR count). The van der Waals surface area contributed by atoms with E-state index in [1.165, 1.54) is 39.7 Å². The highest BCUT2D eigenvalue weighted by atomic mass is 15.3. The molecular weight excluding hydrogens is 378 g/mol. The number of unbranched alkanes of at least 4 members (excludes halogenated alkanes) is 1. The highest BCUT2D eigenvalue weighted by molar-refractivity contribution is 5.93. The Hall–Kier alpha value is -3.46. The SMILES string of the molecule is CCCCN1c2cccc(Nc3ccccc3C)c2NC1c1cccc2ccccc12. The Bertz CT molecular complexity index is 1210. The fourth-order valence-electron chi connectivity index (χ4n) is 4.56. The van der Waals surface area contributed by atoms with E-state index < -0.39 is 0 Å². The number of hydrogen-bond donors (Lipinski definition) is 2. The third-order valence-electron chi connectivity index (χ3n) is 6.23. The summed E-state index contributed by atoms with van der Waals surface area (Å²) in [7, 11) is 0. The molecule has 2 N–H and O–H groups in total. The summed E-state index contributed by atoms with van der Waals surface area (Å²) in [6.07, 6.45) is 2.46. The fourth-order valence-corrected chi connectivity index (χ4v) is 4.56. The van der Waals surface area contributed by atoms with E-state index in [0.29, 0.717) is 0 Å². The number of benzene rings is 4. The molecule has 0 amide bonds. The Kier molecular flexibility index (Phi) is 5.25. The maximum atomic E-state index is 3.87. The largest absolute Gasteiger partial charge is 0.358 e. The van der Waals surface area contributed by atoms with Crippen molar-refractivity contribution in [3.8, 4) is 0 Å². The summed E-state index contributed by atoms with van der Waals surface area (Å²) in [5, 5.41) is 10.1.